The monoisotopic (exact) mass is 359 g/mol. The Kier molecular flexibility index (Phi) is 4.21. The standard InChI is InChI=1S/C19H17N7O/c1-12-5-6-15(8-13(12)2)26-18-16(10-23-26)17(21-11-22-18)24-25-19(27)14-4-3-7-20-9-14/h3-11H,1-2H3,(H,25,27)(H,21,22,24). The molecule has 0 saturated heterocycles. The van der Waals surface area contributed by atoms with Crippen molar-refractivity contribution in [1.29, 1.82) is 0 Å². The highest BCUT2D eigenvalue weighted by Gasteiger charge is 2.12. The lowest BCUT2D eigenvalue weighted by Crippen LogP contribution is -2.30. The minimum absolute atomic E-state index is 0.309. The summed E-state index contributed by atoms with van der Waals surface area (Å²) in [6, 6.07) is 9.48. The molecule has 0 bridgehead atoms. The highest BCUT2D eigenvalue weighted by Crippen LogP contribution is 2.22. The molecule has 1 aromatic carbocycles. The number of anilines is 1. The van der Waals surface area contributed by atoms with Gasteiger partial charge >= 0.3 is 0 Å². The molecule has 0 saturated carbocycles. The van der Waals surface area contributed by atoms with Gasteiger partial charge in [-0.3, -0.25) is 20.6 Å². The van der Waals surface area contributed by atoms with Gasteiger partial charge in [0.2, 0.25) is 0 Å². The number of aryl methyl sites for hydroxylation is 2. The Morgan fingerprint density at radius 1 is 1.07 bits per heavy atom. The molecule has 8 nitrogen and oxygen atoms in total. The van der Waals surface area contributed by atoms with E-state index in [1.54, 1.807) is 29.2 Å². The van der Waals surface area contributed by atoms with Gasteiger partial charge in [0.1, 0.15) is 6.33 Å². The van der Waals surface area contributed by atoms with Gasteiger partial charge in [0, 0.05) is 12.4 Å². The summed E-state index contributed by atoms with van der Waals surface area (Å²) in [7, 11) is 0. The van der Waals surface area contributed by atoms with Crippen molar-refractivity contribution in [2.24, 2.45) is 0 Å². The second-order valence-corrected chi connectivity index (χ2v) is 6.11. The Bertz CT molecular complexity index is 1120. The van der Waals surface area contributed by atoms with Gasteiger partial charge in [-0.15, -0.1) is 0 Å². The molecule has 0 fully saturated rings. The van der Waals surface area contributed by atoms with Crippen molar-refractivity contribution >= 4 is 22.8 Å². The van der Waals surface area contributed by atoms with E-state index in [-0.39, 0.29) is 5.91 Å². The van der Waals surface area contributed by atoms with Crippen LogP contribution >= 0.6 is 0 Å². The van der Waals surface area contributed by atoms with E-state index in [1.807, 2.05) is 12.1 Å². The van der Waals surface area contributed by atoms with Crippen LogP contribution in [0.25, 0.3) is 16.7 Å². The van der Waals surface area contributed by atoms with Crippen molar-refractivity contribution in [1.82, 2.24) is 30.2 Å². The molecule has 0 spiro atoms. The topological polar surface area (TPSA) is 97.6 Å². The van der Waals surface area contributed by atoms with E-state index in [4.69, 9.17) is 0 Å². The molecule has 0 radical (unpaired) electrons. The Labute approximate surface area is 155 Å². The maximum atomic E-state index is 12.2. The number of aromatic nitrogens is 5. The highest BCUT2D eigenvalue weighted by molar-refractivity contribution is 5.95. The van der Waals surface area contributed by atoms with E-state index in [1.165, 1.54) is 23.7 Å². The van der Waals surface area contributed by atoms with Crippen molar-refractivity contribution < 1.29 is 4.79 Å². The summed E-state index contributed by atoms with van der Waals surface area (Å²) in [6.45, 7) is 4.12. The Hall–Kier alpha value is -3.81. The summed E-state index contributed by atoms with van der Waals surface area (Å²) < 4.78 is 1.75. The fourth-order valence-electron chi connectivity index (χ4n) is 2.68. The summed E-state index contributed by atoms with van der Waals surface area (Å²) in [5.41, 5.74) is 9.85. The molecule has 0 unspecified atom stereocenters. The first-order chi connectivity index (χ1) is 13.1. The van der Waals surface area contributed by atoms with Crippen LogP contribution in [0.3, 0.4) is 0 Å². The zero-order valence-electron chi connectivity index (χ0n) is 14.8. The highest BCUT2D eigenvalue weighted by atomic mass is 16.2. The number of amides is 1. The van der Waals surface area contributed by atoms with Crippen molar-refractivity contribution in [3.63, 3.8) is 0 Å². The Balaban J connectivity index is 1.63. The third kappa shape index (κ3) is 3.20. The number of nitrogens with zero attached hydrogens (tertiary/aromatic N) is 5. The Morgan fingerprint density at radius 3 is 2.74 bits per heavy atom. The van der Waals surface area contributed by atoms with Crippen LogP contribution in [-0.4, -0.2) is 30.6 Å². The molecular weight excluding hydrogens is 342 g/mol. The Morgan fingerprint density at radius 2 is 1.96 bits per heavy atom. The zero-order valence-corrected chi connectivity index (χ0v) is 14.8. The average Bonchev–Trinajstić information content (AvgIpc) is 3.13. The molecule has 0 aliphatic carbocycles. The minimum atomic E-state index is -0.309. The number of hydrogen-bond acceptors (Lipinski definition) is 6. The summed E-state index contributed by atoms with van der Waals surface area (Å²) in [5, 5.41) is 5.13. The van der Waals surface area contributed by atoms with E-state index in [0.717, 1.165) is 5.69 Å². The number of carbonyl (C=O) groups excluding carboxylic acids is 1. The van der Waals surface area contributed by atoms with Gasteiger partial charge in [0.25, 0.3) is 5.91 Å². The molecule has 3 heterocycles. The lowest BCUT2D eigenvalue weighted by atomic mass is 10.1. The van der Waals surface area contributed by atoms with Crippen LogP contribution in [0.15, 0.2) is 55.2 Å². The van der Waals surface area contributed by atoms with Crippen LogP contribution in [0.5, 0.6) is 0 Å². The number of pyridine rings is 1. The lowest BCUT2D eigenvalue weighted by molar-refractivity contribution is 0.0962. The number of fused-ring (bicyclic) bond motifs is 1. The molecule has 0 atom stereocenters. The van der Waals surface area contributed by atoms with E-state index >= 15 is 0 Å². The third-order valence-corrected chi connectivity index (χ3v) is 4.32. The third-order valence-electron chi connectivity index (χ3n) is 4.32. The fraction of sp³-hybridized carbons (Fsp3) is 0.105. The van der Waals surface area contributed by atoms with Gasteiger partial charge in [-0.1, -0.05) is 6.07 Å². The molecule has 8 heteroatoms. The molecule has 0 aliphatic heterocycles. The largest absolute Gasteiger partial charge is 0.281 e. The first kappa shape index (κ1) is 16.6. The maximum Gasteiger partial charge on any atom is 0.271 e. The van der Waals surface area contributed by atoms with Gasteiger partial charge in [-0.2, -0.15) is 5.10 Å². The molecule has 0 aliphatic rings. The van der Waals surface area contributed by atoms with Crippen LogP contribution in [0, 0.1) is 13.8 Å². The molecular formula is C19H17N7O. The number of benzene rings is 1. The minimum Gasteiger partial charge on any atom is -0.281 e. The molecule has 134 valence electrons. The second-order valence-electron chi connectivity index (χ2n) is 6.11. The first-order valence-corrected chi connectivity index (χ1v) is 8.36. The van der Waals surface area contributed by atoms with Gasteiger partial charge in [-0.05, 0) is 49.2 Å². The predicted octanol–water partition coefficient (Wildman–Crippen LogP) is 2.58. The molecule has 2 N–H and O–H groups in total. The summed E-state index contributed by atoms with van der Waals surface area (Å²) in [5.74, 6) is 0.156. The molecule has 27 heavy (non-hydrogen) atoms. The van der Waals surface area contributed by atoms with E-state index < -0.39 is 0 Å². The molecule has 4 rings (SSSR count). The number of hydrazine groups is 1. The van der Waals surface area contributed by atoms with Gasteiger partial charge < -0.3 is 0 Å². The SMILES string of the molecule is Cc1ccc(-n2ncc3c(NNC(=O)c4cccnc4)ncnc32)cc1C. The number of nitrogens with one attached hydrogen (secondary N) is 2. The smallest absolute Gasteiger partial charge is 0.271 e. The van der Waals surface area contributed by atoms with Crippen molar-refractivity contribution in [3.05, 3.63) is 71.9 Å². The molecule has 1 amide bonds. The van der Waals surface area contributed by atoms with E-state index in [0.29, 0.717) is 22.4 Å². The predicted molar refractivity (Wildman–Crippen MR) is 101 cm³/mol. The molecule has 3 aromatic heterocycles. The van der Waals surface area contributed by atoms with Gasteiger partial charge in [0.15, 0.2) is 11.5 Å². The zero-order chi connectivity index (χ0) is 18.8. The van der Waals surface area contributed by atoms with Crippen LogP contribution in [0.2, 0.25) is 0 Å². The van der Waals surface area contributed by atoms with E-state index in [9.17, 15) is 4.79 Å². The maximum absolute atomic E-state index is 12.2. The lowest BCUT2D eigenvalue weighted by Gasteiger charge is -2.09. The molecule has 4 aromatic rings. The average molecular weight is 359 g/mol. The van der Waals surface area contributed by atoms with Crippen molar-refractivity contribution in [2.45, 2.75) is 13.8 Å². The van der Waals surface area contributed by atoms with Crippen molar-refractivity contribution in [2.75, 3.05) is 5.43 Å². The second kappa shape index (κ2) is 6.83. The summed E-state index contributed by atoms with van der Waals surface area (Å²) in [6.07, 6.45) is 6.20. The first-order valence-electron chi connectivity index (χ1n) is 8.36. The number of rotatable bonds is 4. The van der Waals surface area contributed by atoms with Crippen LogP contribution in [0.1, 0.15) is 21.5 Å². The quantitative estimate of drug-likeness (QED) is 0.544. The number of hydrogen-bond donors (Lipinski definition) is 2. The number of carbonyl (C=O) groups is 1. The summed E-state index contributed by atoms with van der Waals surface area (Å²) in [4.78, 5) is 24.7. The van der Waals surface area contributed by atoms with E-state index in [2.05, 4.69) is 50.8 Å². The van der Waals surface area contributed by atoms with Crippen LogP contribution in [0.4, 0.5) is 5.82 Å². The summed E-state index contributed by atoms with van der Waals surface area (Å²) >= 11 is 0. The normalized spacial score (nSPS) is 10.7. The van der Waals surface area contributed by atoms with Crippen LogP contribution in [-0.2, 0) is 0 Å². The fourth-order valence-corrected chi connectivity index (χ4v) is 2.68. The van der Waals surface area contributed by atoms with Crippen LogP contribution < -0.4 is 10.9 Å². The van der Waals surface area contributed by atoms with Crippen molar-refractivity contribution in [3.8, 4) is 5.69 Å². The van der Waals surface area contributed by atoms with Gasteiger partial charge in [-0.25, -0.2) is 14.6 Å². The van der Waals surface area contributed by atoms with Gasteiger partial charge in [0.05, 0.1) is 22.8 Å².